The molecule has 4 rings (SSSR count). The molecule has 0 spiro atoms. The van der Waals surface area contributed by atoms with Crippen LogP contribution in [0.2, 0.25) is 0 Å². The number of carbonyl (C=O) groups is 1. The zero-order valence-electron chi connectivity index (χ0n) is 13.2. The average molecular weight is 316 g/mol. The lowest BCUT2D eigenvalue weighted by Crippen LogP contribution is -2.41. The second kappa shape index (κ2) is 4.98. The largest absolute Gasteiger partial charge is 0.372 e. The van der Waals surface area contributed by atoms with Crippen molar-refractivity contribution in [2.75, 3.05) is 11.4 Å². The highest BCUT2D eigenvalue weighted by molar-refractivity contribution is 6.11. The van der Waals surface area contributed by atoms with Crippen molar-refractivity contribution in [3.8, 4) is 12.3 Å². The zero-order chi connectivity index (χ0) is 16.9. The van der Waals surface area contributed by atoms with Crippen LogP contribution in [-0.4, -0.2) is 22.5 Å². The molecule has 2 heterocycles. The van der Waals surface area contributed by atoms with Crippen LogP contribution in [0.3, 0.4) is 0 Å². The molecule has 24 heavy (non-hydrogen) atoms. The first kappa shape index (κ1) is 14.6. The number of aromatic nitrogens is 1. The molecule has 0 unspecified atom stereocenters. The maximum atomic E-state index is 13.1. The summed E-state index contributed by atoms with van der Waals surface area (Å²) in [5, 5.41) is 12.4. The predicted octanol–water partition coefficient (Wildman–Crippen LogP) is 2.69. The van der Waals surface area contributed by atoms with E-state index in [2.05, 4.69) is 10.9 Å². The number of hydrogen-bond donors (Lipinski definition) is 2. The van der Waals surface area contributed by atoms with Gasteiger partial charge in [0.25, 0.3) is 5.91 Å². The Morgan fingerprint density at radius 2 is 1.92 bits per heavy atom. The first-order valence-electron chi connectivity index (χ1n) is 7.74. The molecule has 3 aromatic rings. The molecule has 0 aliphatic carbocycles. The van der Waals surface area contributed by atoms with Crippen LogP contribution >= 0.6 is 0 Å². The fourth-order valence-electron chi connectivity index (χ4n) is 3.67. The Hall–Kier alpha value is -3.03. The molecular weight excluding hydrogens is 300 g/mol. The maximum absolute atomic E-state index is 13.1. The maximum Gasteiger partial charge on any atom is 0.269 e. The van der Waals surface area contributed by atoms with Crippen LogP contribution in [0.25, 0.3) is 10.9 Å². The Balaban J connectivity index is 2.05. The molecule has 1 amide bonds. The summed E-state index contributed by atoms with van der Waals surface area (Å²) in [6.07, 6.45) is 5.42. The summed E-state index contributed by atoms with van der Waals surface area (Å²) in [5.74, 6) is 2.09. The summed E-state index contributed by atoms with van der Waals surface area (Å²) < 4.78 is 0. The number of anilines is 1. The summed E-state index contributed by atoms with van der Waals surface area (Å²) in [5.41, 5.74) is 1.74. The van der Waals surface area contributed by atoms with Gasteiger partial charge in [0.15, 0.2) is 5.60 Å². The third-order valence-electron chi connectivity index (χ3n) is 4.64. The Morgan fingerprint density at radius 1 is 1.21 bits per heavy atom. The fourth-order valence-corrected chi connectivity index (χ4v) is 3.67. The first-order chi connectivity index (χ1) is 11.6. The number of carbonyl (C=O) groups excluding carboxylic acids is 1. The van der Waals surface area contributed by atoms with Crippen LogP contribution < -0.4 is 4.90 Å². The number of nitrogens with zero attached hydrogens (tertiary/aromatic N) is 1. The minimum Gasteiger partial charge on any atom is -0.372 e. The summed E-state index contributed by atoms with van der Waals surface area (Å²) in [6.45, 7) is 1.99. The van der Waals surface area contributed by atoms with Gasteiger partial charge in [-0.1, -0.05) is 42.3 Å². The van der Waals surface area contributed by atoms with Gasteiger partial charge in [-0.2, -0.15) is 0 Å². The second-order valence-electron chi connectivity index (χ2n) is 5.99. The van der Waals surface area contributed by atoms with Crippen molar-refractivity contribution in [1.29, 1.82) is 0 Å². The van der Waals surface area contributed by atoms with Crippen LogP contribution in [0, 0.1) is 19.3 Å². The number of benzene rings is 2. The number of amides is 1. The predicted molar refractivity (Wildman–Crippen MR) is 93.7 cm³/mol. The first-order valence-corrected chi connectivity index (χ1v) is 7.74. The van der Waals surface area contributed by atoms with Crippen LogP contribution in [0.1, 0.15) is 16.8 Å². The molecule has 4 nitrogen and oxygen atoms in total. The van der Waals surface area contributed by atoms with Crippen LogP contribution in [0.4, 0.5) is 5.69 Å². The fraction of sp³-hybridized carbons (Fsp3) is 0.150. The molecule has 0 fully saturated rings. The Bertz CT molecular complexity index is 1010. The van der Waals surface area contributed by atoms with E-state index in [4.69, 9.17) is 6.42 Å². The molecule has 0 saturated heterocycles. The van der Waals surface area contributed by atoms with E-state index in [1.165, 1.54) is 4.90 Å². The van der Waals surface area contributed by atoms with E-state index in [1.807, 2.05) is 49.4 Å². The number of aromatic amines is 1. The minimum absolute atomic E-state index is 0.125. The SMILES string of the molecule is C#CCN1C(=O)[C@@](O)(c2c(C)[nH]c3ccccc23)c2ccccc21. The summed E-state index contributed by atoms with van der Waals surface area (Å²) in [6, 6.07) is 14.9. The third kappa shape index (κ3) is 1.70. The van der Waals surface area contributed by atoms with E-state index in [0.717, 1.165) is 16.6 Å². The lowest BCUT2D eigenvalue weighted by molar-refractivity contribution is -0.132. The highest BCUT2D eigenvalue weighted by Crippen LogP contribution is 2.47. The van der Waals surface area contributed by atoms with Gasteiger partial charge >= 0.3 is 0 Å². The standard InChI is InChI=1S/C20H16N2O2/c1-3-12-22-17-11-7-5-9-15(17)20(24,19(22)23)18-13(2)21-16-10-6-4-8-14(16)18/h1,4-11,21,24H,12H2,2H3/t20-/m0/s1. The monoisotopic (exact) mass is 316 g/mol. The van der Waals surface area contributed by atoms with Crippen LogP contribution in [-0.2, 0) is 10.4 Å². The van der Waals surface area contributed by atoms with Crippen molar-refractivity contribution in [2.45, 2.75) is 12.5 Å². The molecule has 1 aliphatic rings. The van der Waals surface area contributed by atoms with Gasteiger partial charge < -0.3 is 10.1 Å². The van der Waals surface area contributed by atoms with E-state index in [0.29, 0.717) is 16.8 Å². The summed E-state index contributed by atoms with van der Waals surface area (Å²) in [4.78, 5) is 17.9. The van der Waals surface area contributed by atoms with Gasteiger partial charge in [-0.15, -0.1) is 6.42 Å². The molecule has 4 heteroatoms. The number of hydrogen-bond acceptors (Lipinski definition) is 2. The van der Waals surface area contributed by atoms with Crippen molar-refractivity contribution in [1.82, 2.24) is 4.98 Å². The smallest absolute Gasteiger partial charge is 0.269 e. The van der Waals surface area contributed by atoms with Crippen molar-refractivity contribution in [3.05, 3.63) is 65.4 Å². The highest BCUT2D eigenvalue weighted by atomic mass is 16.3. The van der Waals surface area contributed by atoms with E-state index in [-0.39, 0.29) is 6.54 Å². The molecule has 0 saturated carbocycles. The Kier molecular flexibility index (Phi) is 3.02. The Morgan fingerprint density at radius 3 is 2.71 bits per heavy atom. The van der Waals surface area contributed by atoms with E-state index in [9.17, 15) is 9.90 Å². The van der Waals surface area contributed by atoms with E-state index < -0.39 is 11.5 Å². The number of aryl methyl sites for hydroxylation is 1. The molecule has 0 bridgehead atoms. The third-order valence-corrected chi connectivity index (χ3v) is 4.64. The molecule has 2 N–H and O–H groups in total. The zero-order valence-corrected chi connectivity index (χ0v) is 13.2. The topological polar surface area (TPSA) is 56.3 Å². The van der Waals surface area contributed by atoms with Crippen LogP contribution in [0.5, 0.6) is 0 Å². The molecule has 1 aliphatic heterocycles. The highest BCUT2D eigenvalue weighted by Gasteiger charge is 2.52. The Labute approximate surface area is 139 Å². The molecule has 1 aromatic heterocycles. The quantitative estimate of drug-likeness (QED) is 0.714. The van der Waals surface area contributed by atoms with Gasteiger partial charge in [0, 0.05) is 27.7 Å². The van der Waals surface area contributed by atoms with Gasteiger partial charge in [-0.25, -0.2) is 0 Å². The molecule has 118 valence electrons. The summed E-state index contributed by atoms with van der Waals surface area (Å²) in [7, 11) is 0. The van der Waals surface area contributed by atoms with Crippen LogP contribution in [0.15, 0.2) is 48.5 Å². The normalized spacial score (nSPS) is 19.5. The number of aliphatic hydroxyl groups is 1. The minimum atomic E-state index is -1.74. The summed E-state index contributed by atoms with van der Waals surface area (Å²) >= 11 is 0. The average Bonchev–Trinajstić information content (AvgIpc) is 3.03. The number of nitrogens with one attached hydrogen (secondary N) is 1. The number of para-hydroxylation sites is 2. The number of fused-ring (bicyclic) bond motifs is 2. The van der Waals surface area contributed by atoms with Gasteiger partial charge in [-0.05, 0) is 19.1 Å². The number of H-pyrrole nitrogens is 1. The van der Waals surface area contributed by atoms with Gasteiger partial charge in [0.1, 0.15) is 0 Å². The molecule has 1 atom stereocenters. The molecular formula is C20H16N2O2. The van der Waals surface area contributed by atoms with E-state index >= 15 is 0 Å². The van der Waals surface area contributed by atoms with Crippen molar-refractivity contribution in [3.63, 3.8) is 0 Å². The lowest BCUT2D eigenvalue weighted by Gasteiger charge is -2.23. The van der Waals surface area contributed by atoms with Crippen molar-refractivity contribution >= 4 is 22.5 Å². The van der Waals surface area contributed by atoms with Crippen molar-refractivity contribution < 1.29 is 9.90 Å². The lowest BCUT2D eigenvalue weighted by atomic mass is 9.85. The van der Waals surface area contributed by atoms with Gasteiger partial charge in [-0.3, -0.25) is 9.69 Å². The van der Waals surface area contributed by atoms with E-state index in [1.54, 1.807) is 6.07 Å². The van der Waals surface area contributed by atoms with Crippen molar-refractivity contribution in [2.24, 2.45) is 0 Å². The van der Waals surface area contributed by atoms with Gasteiger partial charge in [0.05, 0.1) is 12.2 Å². The second-order valence-corrected chi connectivity index (χ2v) is 5.99. The molecule has 2 aromatic carbocycles. The number of rotatable bonds is 2. The molecule has 0 radical (unpaired) electrons. The van der Waals surface area contributed by atoms with Gasteiger partial charge in [0.2, 0.25) is 0 Å². The number of terminal acetylenes is 1.